The average molecular weight is 881 g/mol. The molecule has 0 fully saturated rings. The molecule has 3 rings (SSSR count). The molecule has 2 aromatic carbocycles. The number of aliphatic hydroxyl groups is 2. The molecular formula is C38H59Cl2N5O12S. The number of amides is 2. The molecule has 0 saturated carbocycles. The number of benzene rings is 2. The van der Waals surface area contributed by atoms with Gasteiger partial charge in [0.05, 0.1) is 84.2 Å². The van der Waals surface area contributed by atoms with E-state index >= 15 is 0 Å². The molecule has 2 aromatic rings. The van der Waals surface area contributed by atoms with E-state index in [4.69, 9.17) is 51.6 Å². The summed E-state index contributed by atoms with van der Waals surface area (Å²) in [5, 5.41) is 28.9. The molecule has 58 heavy (non-hydrogen) atoms. The zero-order valence-corrected chi connectivity index (χ0v) is 35.5. The Morgan fingerprint density at radius 2 is 1.26 bits per heavy atom. The Kier molecular flexibility index (Phi) is 24.1. The van der Waals surface area contributed by atoms with E-state index in [1.54, 1.807) is 24.3 Å². The summed E-state index contributed by atoms with van der Waals surface area (Å²) in [6.45, 7) is 8.76. The van der Waals surface area contributed by atoms with Crippen LogP contribution in [-0.2, 0) is 54.6 Å². The third-order valence-electron chi connectivity index (χ3n) is 8.86. The number of nitrogens with zero attached hydrogens (tertiary/aromatic N) is 1. The molecule has 0 radical (unpaired) electrons. The Balaban J connectivity index is 1.19. The Hall–Kier alpha value is -2.53. The van der Waals surface area contributed by atoms with E-state index in [-0.39, 0.29) is 76.7 Å². The van der Waals surface area contributed by atoms with Crippen molar-refractivity contribution in [3.8, 4) is 0 Å². The number of rotatable bonds is 31. The lowest BCUT2D eigenvalue weighted by Crippen LogP contribution is -2.50. The summed E-state index contributed by atoms with van der Waals surface area (Å²) in [4.78, 5) is 26.6. The highest BCUT2D eigenvalue weighted by molar-refractivity contribution is 7.89. The molecular weight excluding hydrogens is 821 g/mol. The summed E-state index contributed by atoms with van der Waals surface area (Å²) in [7, 11) is -1.96. The van der Waals surface area contributed by atoms with Crippen LogP contribution in [0.3, 0.4) is 0 Å². The fraction of sp³-hybridized carbons (Fsp3) is 0.632. The topological polar surface area (TPSA) is 215 Å². The van der Waals surface area contributed by atoms with Gasteiger partial charge < -0.3 is 54.6 Å². The average Bonchev–Trinajstić information content (AvgIpc) is 3.21. The van der Waals surface area contributed by atoms with Crippen LogP contribution >= 0.6 is 23.2 Å². The number of sulfonamides is 1. The van der Waals surface area contributed by atoms with Gasteiger partial charge in [-0.3, -0.25) is 14.5 Å². The van der Waals surface area contributed by atoms with Crippen molar-refractivity contribution in [2.75, 3.05) is 126 Å². The van der Waals surface area contributed by atoms with Gasteiger partial charge in [0.15, 0.2) is 12.2 Å². The summed E-state index contributed by atoms with van der Waals surface area (Å²) in [5.74, 6) is -1.93. The van der Waals surface area contributed by atoms with Crippen molar-refractivity contribution in [2.24, 2.45) is 0 Å². The van der Waals surface area contributed by atoms with Crippen LogP contribution in [0.5, 0.6) is 0 Å². The number of fused-ring (bicyclic) bond motifs is 1. The number of hydrogen-bond acceptors (Lipinski definition) is 14. The van der Waals surface area contributed by atoms with Gasteiger partial charge in [0, 0.05) is 55.2 Å². The normalized spacial score (nSPS) is 15.5. The first-order chi connectivity index (χ1) is 28.0. The fourth-order valence-electron chi connectivity index (χ4n) is 5.75. The number of carbonyl (C=O) groups is 2. The Morgan fingerprint density at radius 3 is 1.78 bits per heavy atom. The standard InChI is InChI=1S/C38H59Cl2N5O12S/c1-3-45-26-32(31-24-29(39)25-34(40)33(31)27-45)28-5-4-6-30(23-28)58(50,51)44-10-14-55-18-22-57-21-17-54-13-9-43-38(49)36(47)35(46)37(48)42-8-12-53-16-20-56-19-15-52-11-7-41-2/h4-6,23-25,32,35-36,41,44,46-47H,3,7-22,26-27H2,1-2H3,(H,42,48)(H,43,49). The van der Waals surface area contributed by atoms with E-state index in [2.05, 4.69) is 32.5 Å². The molecule has 20 heteroatoms. The minimum Gasteiger partial charge on any atom is -0.380 e. The zero-order chi connectivity index (χ0) is 42.2. The molecule has 3 unspecified atom stereocenters. The van der Waals surface area contributed by atoms with Gasteiger partial charge in [-0.05, 0) is 54.5 Å². The van der Waals surface area contributed by atoms with E-state index in [1.165, 1.54) is 0 Å². The number of aliphatic hydroxyl groups excluding tert-OH is 2. The van der Waals surface area contributed by atoms with E-state index < -0.39 is 34.0 Å². The summed E-state index contributed by atoms with van der Waals surface area (Å²) in [5.41, 5.74) is 2.86. The van der Waals surface area contributed by atoms with Crippen LogP contribution in [0.2, 0.25) is 10.0 Å². The quantitative estimate of drug-likeness (QED) is 0.0570. The van der Waals surface area contributed by atoms with Gasteiger partial charge in [-0.1, -0.05) is 42.3 Å². The van der Waals surface area contributed by atoms with Crippen molar-refractivity contribution in [3.05, 3.63) is 63.1 Å². The lowest BCUT2D eigenvalue weighted by Gasteiger charge is -2.35. The lowest BCUT2D eigenvalue weighted by molar-refractivity contribution is -0.146. The highest BCUT2D eigenvalue weighted by Gasteiger charge is 2.30. The Morgan fingerprint density at radius 1 is 0.759 bits per heavy atom. The third-order valence-corrected chi connectivity index (χ3v) is 10.9. The second-order valence-electron chi connectivity index (χ2n) is 13.1. The summed E-state index contributed by atoms with van der Waals surface area (Å²) in [6.07, 6.45) is -3.92. The SMILES string of the molecule is CCN1Cc2c(Cl)cc(Cl)cc2C(c2cccc(S(=O)(=O)NCCOCCOCCOCCNC(=O)C(O)C(O)C(=O)NCCOCCOCCOCCNC)c2)C1. The minimum absolute atomic E-state index is 0.0290. The Bertz CT molecular complexity index is 1630. The highest BCUT2D eigenvalue weighted by Crippen LogP contribution is 2.39. The van der Waals surface area contributed by atoms with Crippen LogP contribution in [0.1, 0.15) is 29.5 Å². The summed E-state index contributed by atoms with van der Waals surface area (Å²) in [6, 6.07) is 10.5. The molecule has 0 aliphatic carbocycles. The number of hydrogen-bond donors (Lipinski definition) is 6. The summed E-state index contributed by atoms with van der Waals surface area (Å²) < 4.78 is 61.2. The molecule has 1 heterocycles. The molecule has 0 bridgehead atoms. The molecule has 3 atom stereocenters. The molecule has 0 spiro atoms. The van der Waals surface area contributed by atoms with Crippen LogP contribution in [-0.4, -0.2) is 173 Å². The number of carbonyl (C=O) groups excluding carboxylic acids is 2. The molecule has 0 aromatic heterocycles. The Labute approximate surface area is 351 Å². The molecule has 1 aliphatic heterocycles. The molecule has 6 N–H and O–H groups in total. The van der Waals surface area contributed by atoms with E-state index in [0.29, 0.717) is 56.2 Å². The number of halogens is 2. The second-order valence-corrected chi connectivity index (χ2v) is 15.7. The number of likely N-dealkylation sites (N-methyl/N-ethyl adjacent to an activating group) is 2. The van der Waals surface area contributed by atoms with Gasteiger partial charge in [-0.25, -0.2) is 13.1 Å². The van der Waals surface area contributed by atoms with E-state index in [0.717, 1.165) is 29.8 Å². The zero-order valence-electron chi connectivity index (χ0n) is 33.2. The van der Waals surface area contributed by atoms with Crippen LogP contribution in [0.4, 0.5) is 0 Å². The van der Waals surface area contributed by atoms with Crippen molar-refractivity contribution in [2.45, 2.75) is 36.5 Å². The van der Waals surface area contributed by atoms with E-state index in [9.17, 15) is 28.2 Å². The maximum Gasteiger partial charge on any atom is 0.252 e. The van der Waals surface area contributed by atoms with Gasteiger partial charge >= 0.3 is 0 Å². The maximum atomic E-state index is 13.1. The van der Waals surface area contributed by atoms with Gasteiger partial charge in [0.1, 0.15) is 0 Å². The largest absolute Gasteiger partial charge is 0.380 e. The van der Waals surface area contributed by atoms with Crippen LogP contribution in [0, 0.1) is 0 Å². The maximum absolute atomic E-state index is 13.1. The van der Waals surface area contributed by atoms with Gasteiger partial charge in [0.25, 0.3) is 11.8 Å². The first-order valence-corrected chi connectivity index (χ1v) is 21.5. The predicted octanol–water partition coefficient (Wildman–Crippen LogP) is 0.512. The fourth-order valence-corrected chi connectivity index (χ4v) is 7.38. The number of nitrogens with one attached hydrogen (secondary N) is 4. The molecule has 1 aliphatic rings. The third kappa shape index (κ3) is 18.0. The van der Waals surface area contributed by atoms with Crippen LogP contribution < -0.4 is 20.7 Å². The smallest absolute Gasteiger partial charge is 0.252 e. The van der Waals surface area contributed by atoms with Crippen molar-refractivity contribution < 1.29 is 56.6 Å². The first-order valence-electron chi connectivity index (χ1n) is 19.3. The van der Waals surface area contributed by atoms with Crippen LogP contribution in [0.15, 0.2) is 41.3 Å². The summed E-state index contributed by atoms with van der Waals surface area (Å²) >= 11 is 12.9. The van der Waals surface area contributed by atoms with E-state index in [1.807, 2.05) is 19.2 Å². The lowest BCUT2D eigenvalue weighted by atomic mass is 9.84. The minimum atomic E-state index is -3.80. The predicted molar refractivity (Wildman–Crippen MR) is 218 cm³/mol. The monoisotopic (exact) mass is 879 g/mol. The van der Waals surface area contributed by atoms with Crippen molar-refractivity contribution in [3.63, 3.8) is 0 Å². The van der Waals surface area contributed by atoms with Crippen molar-refractivity contribution in [1.29, 1.82) is 0 Å². The highest BCUT2D eigenvalue weighted by atomic mass is 35.5. The van der Waals surface area contributed by atoms with Crippen molar-refractivity contribution in [1.82, 2.24) is 25.6 Å². The van der Waals surface area contributed by atoms with Gasteiger partial charge in [-0.15, -0.1) is 0 Å². The van der Waals surface area contributed by atoms with Crippen LogP contribution in [0.25, 0.3) is 0 Å². The molecule has 0 saturated heterocycles. The molecule has 17 nitrogen and oxygen atoms in total. The van der Waals surface area contributed by atoms with Gasteiger partial charge in [0.2, 0.25) is 10.0 Å². The second kappa shape index (κ2) is 28.1. The molecule has 2 amide bonds. The number of ether oxygens (including phenoxy) is 6. The van der Waals surface area contributed by atoms with Gasteiger partial charge in [-0.2, -0.15) is 0 Å². The first kappa shape index (κ1) is 49.8. The molecule has 328 valence electrons. The van der Waals surface area contributed by atoms with Crippen molar-refractivity contribution >= 4 is 45.0 Å².